The monoisotopic (exact) mass is 444 g/mol. The molecule has 0 saturated heterocycles. The molecule has 0 atom stereocenters. The Labute approximate surface area is 194 Å². The van der Waals surface area contributed by atoms with Crippen LogP contribution in [0.15, 0.2) is 60.7 Å². The van der Waals surface area contributed by atoms with Gasteiger partial charge in [-0.1, -0.05) is 36.4 Å². The summed E-state index contributed by atoms with van der Waals surface area (Å²) in [5, 5.41) is 0. The van der Waals surface area contributed by atoms with Gasteiger partial charge in [-0.05, 0) is 60.0 Å². The van der Waals surface area contributed by atoms with Crippen LogP contribution in [-0.2, 0) is 0 Å². The molecule has 0 aliphatic heterocycles. The number of ketones is 1. The molecule has 0 aliphatic rings. The third-order valence-corrected chi connectivity index (χ3v) is 5.35. The number of methoxy groups -OCH3 is 4. The Morgan fingerprint density at radius 2 is 1.39 bits per heavy atom. The molecule has 0 amide bonds. The molecule has 3 aromatic carbocycles. The van der Waals surface area contributed by atoms with Crippen molar-refractivity contribution in [3.05, 3.63) is 88.5 Å². The van der Waals surface area contributed by atoms with Crippen LogP contribution < -0.4 is 18.9 Å². The molecule has 3 rings (SSSR count). The van der Waals surface area contributed by atoms with Crippen LogP contribution in [0.3, 0.4) is 0 Å². The molecule has 0 spiro atoms. The number of carbonyl (C=O) groups excluding carboxylic acids is 1. The van der Waals surface area contributed by atoms with E-state index in [9.17, 15) is 4.79 Å². The molecule has 0 aliphatic carbocycles. The fourth-order valence-corrected chi connectivity index (χ4v) is 3.47. The highest BCUT2D eigenvalue weighted by Crippen LogP contribution is 2.35. The maximum Gasteiger partial charge on any atom is 0.185 e. The van der Waals surface area contributed by atoms with Crippen LogP contribution in [0, 0.1) is 6.92 Å². The molecule has 0 heterocycles. The smallest absolute Gasteiger partial charge is 0.185 e. The Kier molecular flexibility index (Phi) is 7.92. The first kappa shape index (κ1) is 23.7. The summed E-state index contributed by atoms with van der Waals surface area (Å²) in [5.74, 6) is 2.62. The van der Waals surface area contributed by atoms with Gasteiger partial charge in [0.25, 0.3) is 0 Å². The molecular formula is C28H28O5. The lowest BCUT2D eigenvalue weighted by Gasteiger charge is -2.15. The van der Waals surface area contributed by atoms with Gasteiger partial charge in [0, 0.05) is 17.2 Å². The maximum atomic E-state index is 12.8. The average Bonchev–Trinajstić information content (AvgIpc) is 2.86. The topological polar surface area (TPSA) is 54.0 Å². The minimum Gasteiger partial charge on any atom is -0.497 e. The van der Waals surface area contributed by atoms with E-state index in [0.29, 0.717) is 22.8 Å². The zero-order valence-electron chi connectivity index (χ0n) is 19.5. The Morgan fingerprint density at radius 3 is 2.03 bits per heavy atom. The Balaban J connectivity index is 2.03. The number of rotatable bonds is 9. The van der Waals surface area contributed by atoms with Crippen molar-refractivity contribution in [3.8, 4) is 23.0 Å². The highest BCUT2D eigenvalue weighted by Gasteiger charge is 2.14. The van der Waals surface area contributed by atoms with E-state index in [-0.39, 0.29) is 5.78 Å². The second kappa shape index (κ2) is 11.0. The van der Waals surface area contributed by atoms with E-state index >= 15 is 0 Å². The van der Waals surface area contributed by atoms with Gasteiger partial charge in [-0.25, -0.2) is 0 Å². The Bertz CT molecular complexity index is 1170. The Hall–Kier alpha value is -3.99. The fourth-order valence-electron chi connectivity index (χ4n) is 3.47. The average molecular weight is 445 g/mol. The predicted octanol–water partition coefficient (Wildman–Crippen LogP) is 6.10. The molecule has 0 bridgehead atoms. The van der Waals surface area contributed by atoms with Gasteiger partial charge in [-0.15, -0.1) is 0 Å². The summed E-state index contributed by atoms with van der Waals surface area (Å²) in [5.41, 5.74) is 4.19. The van der Waals surface area contributed by atoms with Crippen molar-refractivity contribution in [2.75, 3.05) is 28.4 Å². The quantitative estimate of drug-likeness (QED) is 0.227. The Morgan fingerprint density at radius 1 is 0.697 bits per heavy atom. The van der Waals surface area contributed by atoms with E-state index in [4.69, 9.17) is 18.9 Å². The minimum absolute atomic E-state index is 0.130. The van der Waals surface area contributed by atoms with Gasteiger partial charge in [0.2, 0.25) is 0 Å². The fraction of sp³-hybridized carbons (Fsp3) is 0.179. The van der Waals surface area contributed by atoms with Crippen molar-refractivity contribution >= 4 is 24.0 Å². The largest absolute Gasteiger partial charge is 0.497 e. The SMILES string of the molecule is COc1ccc(/C=C/c2c(C)c(OC)cc(OC)c2/C=C/C(=O)c2cccc(OC)c2)cc1. The van der Waals surface area contributed by atoms with Crippen molar-refractivity contribution < 1.29 is 23.7 Å². The molecule has 0 radical (unpaired) electrons. The molecule has 0 fully saturated rings. The number of benzene rings is 3. The van der Waals surface area contributed by atoms with Crippen LogP contribution in [0.1, 0.15) is 32.6 Å². The molecule has 5 nitrogen and oxygen atoms in total. The first-order valence-corrected chi connectivity index (χ1v) is 10.4. The van der Waals surface area contributed by atoms with Crippen LogP contribution in [-0.4, -0.2) is 34.2 Å². The zero-order chi connectivity index (χ0) is 23.8. The standard InChI is InChI=1S/C28H28O5/c1-19-24(14-11-20-9-12-22(30-2)13-10-20)25(28(33-5)18-27(19)32-4)15-16-26(29)21-7-6-8-23(17-21)31-3/h6-18H,1-5H3/b14-11+,16-15+. The molecule has 0 N–H and O–H groups in total. The van der Waals surface area contributed by atoms with Crippen molar-refractivity contribution in [2.24, 2.45) is 0 Å². The summed E-state index contributed by atoms with van der Waals surface area (Å²) >= 11 is 0. The van der Waals surface area contributed by atoms with Gasteiger partial charge in [-0.2, -0.15) is 0 Å². The van der Waals surface area contributed by atoms with Crippen LogP contribution >= 0.6 is 0 Å². The summed E-state index contributed by atoms with van der Waals surface area (Å²) < 4.78 is 21.6. The number of carbonyl (C=O) groups is 1. The molecule has 0 unspecified atom stereocenters. The molecule has 0 saturated carbocycles. The second-order valence-electron chi connectivity index (χ2n) is 7.27. The summed E-state index contributed by atoms with van der Waals surface area (Å²) in [4.78, 5) is 12.8. The highest BCUT2D eigenvalue weighted by molar-refractivity contribution is 6.07. The summed E-state index contributed by atoms with van der Waals surface area (Å²) in [7, 11) is 6.44. The summed E-state index contributed by atoms with van der Waals surface area (Å²) in [6, 6.07) is 16.7. The van der Waals surface area contributed by atoms with Crippen LogP contribution in [0.2, 0.25) is 0 Å². The number of allylic oxidation sites excluding steroid dienone is 1. The van der Waals surface area contributed by atoms with Gasteiger partial charge < -0.3 is 18.9 Å². The van der Waals surface area contributed by atoms with E-state index in [1.807, 2.05) is 49.4 Å². The van der Waals surface area contributed by atoms with E-state index in [1.54, 1.807) is 64.9 Å². The second-order valence-corrected chi connectivity index (χ2v) is 7.27. The summed E-state index contributed by atoms with van der Waals surface area (Å²) in [6.45, 7) is 1.98. The maximum absolute atomic E-state index is 12.8. The number of ether oxygens (including phenoxy) is 4. The molecule has 33 heavy (non-hydrogen) atoms. The lowest BCUT2D eigenvalue weighted by atomic mass is 9.97. The van der Waals surface area contributed by atoms with Crippen molar-refractivity contribution in [3.63, 3.8) is 0 Å². The van der Waals surface area contributed by atoms with E-state index in [1.165, 1.54) is 0 Å². The normalized spacial score (nSPS) is 11.1. The van der Waals surface area contributed by atoms with E-state index in [2.05, 4.69) is 0 Å². The van der Waals surface area contributed by atoms with Crippen LogP contribution in [0.25, 0.3) is 18.2 Å². The lowest BCUT2D eigenvalue weighted by Crippen LogP contribution is -1.99. The van der Waals surface area contributed by atoms with Gasteiger partial charge in [-0.3, -0.25) is 4.79 Å². The first-order chi connectivity index (χ1) is 16.0. The van der Waals surface area contributed by atoms with Crippen molar-refractivity contribution in [2.45, 2.75) is 6.92 Å². The van der Waals surface area contributed by atoms with E-state index < -0.39 is 0 Å². The van der Waals surface area contributed by atoms with Crippen LogP contribution in [0.5, 0.6) is 23.0 Å². The van der Waals surface area contributed by atoms with E-state index in [0.717, 1.165) is 28.0 Å². The molecule has 5 heteroatoms. The highest BCUT2D eigenvalue weighted by atomic mass is 16.5. The summed E-state index contributed by atoms with van der Waals surface area (Å²) in [6.07, 6.45) is 7.32. The third kappa shape index (κ3) is 5.63. The first-order valence-electron chi connectivity index (χ1n) is 10.4. The third-order valence-electron chi connectivity index (χ3n) is 5.35. The molecule has 0 aromatic heterocycles. The molecule has 3 aromatic rings. The van der Waals surface area contributed by atoms with Crippen LogP contribution in [0.4, 0.5) is 0 Å². The van der Waals surface area contributed by atoms with Crippen molar-refractivity contribution in [1.82, 2.24) is 0 Å². The predicted molar refractivity (Wildman–Crippen MR) is 133 cm³/mol. The molecular weight excluding hydrogens is 416 g/mol. The van der Waals surface area contributed by atoms with Gasteiger partial charge in [0.1, 0.15) is 23.0 Å². The van der Waals surface area contributed by atoms with Gasteiger partial charge in [0.15, 0.2) is 5.78 Å². The van der Waals surface area contributed by atoms with Gasteiger partial charge in [0.05, 0.1) is 28.4 Å². The van der Waals surface area contributed by atoms with Crippen molar-refractivity contribution in [1.29, 1.82) is 0 Å². The zero-order valence-corrected chi connectivity index (χ0v) is 19.5. The lowest BCUT2D eigenvalue weighted by molar-refractivity contribution is 0.104. The number of hydrogen-bond acceptors (Lipinski definition) is 5. The number of hydrogen-bond donors (Lipinski definition) is 0. The minimum atomic E-state index is -0.130. The van der Waals surface area contributed by atoms with Gasteiger partial charge >= 0.3 is 0 Å². The molecule has 170 valence electrons.